The van der Waals surface area contributed by atoms with Crippen LogP contribution in [-0.2, 0) is 0 Å². The molecule has 0 spiro atoms. The number of rotatable bonds is 6. The molecular formula is C13H20N2O2. The highest BCUT2D eigenvalue weighted by atomic mass is 16.3. The summed E-state index contributed by atoms with van der Waals surface area (Å²) < 4.78 is 2.06. The van der Waals surface area contributed by atoms with Gasteiger partial charge in [0.1, 0.15) is 5.69 Å². The molecule has 4 heteroatoms. The van der Waals surface area contributed by atoms with Gasteiger partial charge in [0.05, 0.1) is 0 Å². The number of hydrogen-bond donors (Lipinski definition) is 2. The number of nitrogens with one attached hydrogen (secondary N) is 1. The van der Waals surface area contributed by atoms with Crippen molar-refractivity contribution >= 4 is 5.91 Å². The smallest absolute Gasteiger partial charge is 0.267 e. The van der Waals surface area contributed by atoms with Crippen LogP contribution < -0.4 is 5.32 Å². The first kappa shape index (κ1) is 12.2. The van der Waals surface area contributed by atoms with Crippen molar-refractivity contribution in [3.05, 3.63) is 24.0 Å². The Kier molecular flexibility index (Phi) is 3.84. The predicted octanol–water partition coefficient (Wildman–Crippen LogP) is 1.57. The van der Waals surface area contributed by atoms with Crippen molar-refractivity contribution in [2.24, 2.45) is 5.92 Å². The van der Waals surface area contributed by atoms with Gasteiger partial charge in [-0.05, 0) is 37.3 Å². The van der Waals surface area contributed by atoms with Gasteiger partial charge in [0.15, 0.2) is 0 Å². The van der Waals surface area contributed by atoms with Crippen LogP contribution in [0.2, 0.25) is 0 Å². The molecule has 1 heterocycles. The van der Waals surface area contributed by atoms with E-state index < -0.39 is 0 Å². The summed E-state index contributed by atoms with van der Waals surface area (Å²) >= 11 is 0. The maximum Gasteiger partial charge on any atom is 0.267 e. The fraction of sp³-hybridized carbons (Fsp3) is 0.615. The van der Waals surface area contributed by atoms with Crippen LogP contribution in [-0.4, -0.2) is 28.7 Å². The third-order valence-electron chi connectivity index (χ3n) is 3.18. The lowest BCUT2D eigenvalue weighted by Gasteiger charge is -2.12. The van der Waals surface area contributed by atoms with Crippen molar-refractivity contribution < 1.29 is 9.90 Å². The number of hydrogen-bond acceptors (Lipinski definition) is 2. The molecular weight excluding hydrogens is 216 g/mol. The van der Waals surface area contributed by atoms with Crippen LogP contribution >= 0.6 is 0 Å². The number of nitrogens with zero attached hydrogens (tertiary/aromatic N) is 1. The summed E-state index contributed by atoms with van der Waals surface area (Å²) in [4.78, 5) is 12.0. The zero-order valence-electron chi connectivity index (χ0n) is 10.2. The summed E-state index contributed by atoms with van der Waals surface area (Å²) in [5, 5.41) is 11.7. The first-order valence-corrected chi connectivity index (χ1v) is 6.28. The number of aliphatic hydroxyl groups is 1. The predicted molar refractivity (Wildman–Crippen MR) is 65.9 cm³/mol. The maximum atomic E-state index is 12.0. The van der Waals surface area contributed by atoms with Gasteiger partial charge < -0.3 is 15.0 Å². The third-order valence-corrected chi connectivity index (χ3v) is 3.18. The van der Waals surface area contributed by atoms with E-state index in [9.17, 15) is 4.79 Å². The minimum Gasteiger partial charge on any atom is -0.396 e. The molecule has 0 aliphatic heterocycles. The molecule has 0 aromatic carbocycles. The van der Waals surface area contributed by atoms with Crippen molar-refractivity contribution in [1.29, 1.82) is 0 Å². The van der Waals surface area contributed by atoms with Gasteiger partial charge in [-0.3, -0.25) is 4.79 Å². The lowest BCUT2D eigenvalue weighted by Crippen LogP contribution is -2.30. The molecule has 2 N–H and O–H groups in total. The molecule has 1 saturated carbocycles. The lowest BCUT2D eigenvalue weighted by molar-refractivity contribution is 0.0936. The van der Waals surface area contributed by atoms with Gasteiger partial charge in [-0.1, -0.05) is 6.92 Å². The van der Waals surface area contributed by atoms with Crippen molar-refractivity contribution in [2.45, 2.75) is 32.2 Å². The molecule has 1 fully saturated rings. The highest BCUT2D eigenvalue weighted by Crippen LogP contribution is 2.35. The Labute approximate surface area is 102 Å². The van der Waals surface area contributed by atoms with E-state index in [0.29, 0.717) is 18.5 Å². The molecule has 1 unspecified atom stereocenters. The summed E-state index contributed by atoms with van der Waals surface area (Å²) in [6, 6.07) is 4.31. The molecule has 94 valence electrons. The second kappa shape index (κ2) is 5.36. The Morgan fingerprint density at radius 2 is 2.41 bits per heavy atom. The fourth-order valence-electron chi connectivity index (χ4n) is 1.94. The maximum absolute atomic E-state index is 12.0. The first-order valence-electron chi connectivity index (χ1n) is 6.28. The molecule has 0 saturated heterocycles. The van der Waals surface area contributed by atoms with Crippen LogP contribution in [0.25, 0.3) is 0 Å². The Morgan fingerprint density at radius 3 is 3.06 bits per heavy atom. The SMILES string of the molecule is CC(CCO)CNC(=O)c1cccn1C1CC1. The van der Waals surface area contributed by atoms with E-state index >= 15 is 0 Å². The van der Waals surface area contributed by atoms with Gasteiger partial charge in [0.25, 0.3) is 5.91 Å². The second-order valence-corrected chi connectivity index (χ2v) is 4.86. The molecule has 1 aliphatic carbocycles. The average Bonchev–Trinajstić information content (AvgIpc) is 3.04. The largest absolute Gasteiger partial charge is 0.396 e. The zero-order valence-corrected chi connectivity index (χ0v) is 10.2. The topological polar surface area (TPSA) is 54.3 Å². The number of carbonyl (C=O) groups is 1. The van der Waals surface area contributed by atoms with Gasteiger partial charge in [-0.25, -0.2) is 0 Å². The van der Waals surface area contributed by atoms with E-state index in [0.717, 1.165) is 12.1 Å². The van der Waals surface area contributed by atoms with Gasteiger partial charge in [0.2, 0.25) is 0 Å². The van der Waals surface area contributed by atoms with Gasteiger partial charge in [-0.2, -0.15) is 0 Å². The molecule has 1 amide bonds. The lowest BCUT2D eigenvalue weighted by atomic mass is 10.1. The van der Waals surface area contributed by atoms with Crippen molar-refractivity contribution in [3.8, 4) is 0 Å². The Balaban J connectivity index is 1.88. The minimum absolute atomic E-state index is 0.00769. The second-order valence-electron chi connectivity index (χ2n) is 4.86. The van der Waals surface area contributed by atoms with E-state index in [1.165, 1.54) is 12.8 Å². The summed E-state index contributed by atoms with van der Waals surface area (Å²) in [7, 11) is 0. The molecule has 17 heavy (non-hydrogen) atoms. The minimum atomic E-state index is -0.00769. The molecule has 0 bridgehead atoms. The molecule has 1 aromatic rings. The summed E-state index contributed by atoms with van der Waals surface area (Å²) in [5.41, 5.74) is 0.753. The van der Waals surface area contributed by atoms with Crippen LogP contribution in [0.4, 0.5) is 0 Å². The monoisotopic (exact) mass is 236 g/mol. The van der Waals surface area contributed by atoms with Crippen LogP contribution in [0.5, 0.6) is 0 Å². The van der Waals surface area contributed by atoms with Crippen LogP contribution in [0.1, 0.15) is 42.7 Å². The molecule has 1 aliphatic rings. The third kappa shape index (κ3) is 3.09. The first-order chi connectivity index (χ1) is 8.22. The van der Waals surface area contributed by atoms with Gasteiger partial charge in [0, 0.05) is 25.4 Å². The number of aliphatic hydroxyl groups excluding tert-OH is 1. The molecule has 1 atom stereocenters. The molecule has 4 nitrogen and oxygen atoms in total. The van der Waals surface area contributed by atoms with Gasteiger partial charge in [-0.15, -0.1) is 0 Å². The van der Waals surface area contributed by atoms with E-state index in [4.69, 9.17) is 5.11 Å². The van der Waals surface area contributed by atoms with Crippen molar-refractivity contribution in [2.75, 3.05) is 13.2 Å². The average molecular weight is 236 g/mol. The highest BCUT2D eigenvalue weighted by Gasteiger charge is 2.26. The van der Waals surface area contributed by atoms with Crippen LogP contribution in [0.15, 0.2) is 18.3 Å². The summed E-state index contributed by atoms with van der Waals surface area (Å²) in [6.07, 6.45) is 5.05. The quantitative estimate of drug-likeness (QED) is 0.787. The Morgan fingerprint density at radius 1 is 1.65 bits per heavy atom. The Bertz CT molecular complexity index is 383. The molecule has 2 rings (SSSR count). The normalized spacial score (nSPS) is 16.8. The van der Waals surface area contributed by atoms with Crippen molar-refractivity contribution in [1.82, 2.24) is 9.88 Å². The van der Waals surface area contributed by atoms with Crippen LogP contribution in [0.3, 0.4) is 0 Å². The van der Waals surface area contributed by atoms with E-state index in [1.54, 1.807) is 0 Å². The number of amides is 1. The molecule has 1 aromatic heterocycles. The van der Waals surface area contributed by atoms with E-state index in [2.05, 4.69) is 9.88 Å². The molecule has 0 radical (unpaired) electrons. The van der Waals surface area contributed by atoms with E-state index in [1.807, 2.05) is 25.3 Å². The van der Waals surface area contributed by atoms with Crippen LogP contribution in [0, 0.1) is 5.92 Å². The van der Waals surface area contributed by atoms with Gasteiger partial charge >= 0.3 is 0 Å². The summed E-state index contributed by atoms with van der Waals surface area (Å²) in [6.45, 7) is 2.82. The standard InChI is InChI=1S/C13H20N2O2/c1-10(6-8-16)9-14-13(17)12-3-2-7-15(12)11-4-5-11/h2-3,7,10-11,16H,4-6,8-9H2,1H3,(H,14,17). The summed E-state index contributed by atoms with van der Waals surface area (Å²) in [5.74, 6) is 0.306. The van der Waals surface area contributed by atoms with E-state index in [-0.39, 0.29) is 12.5 Å². The number of carbonyl (C=O) groups excluding carboxylic acids is 1. The Hall–Kier alpha value is -1.29. The highest BCUT2D eigenvalue weighted by molar-refractivity contribution is 5.92. The fourth-order valence-corrected chi connectivity index (χ4v) is 1.94. The number of aromatic nitrogens is 1. The zero-order chi connectivity index (χ0) is 12.3. The van der Waals surface area contributed by atoms with Crippen molar-refractivity contribution in [3.63, 3.8) is 0 Å².